The van der Waals surface area contributed by atoms with Gasteiger partial charge in [-0.3, -0.25) is 9.59 Å². The fourth-order valence-electron chi connectivity index (χ4n) is 4.19. The molecule has 1 fully saturated rings. The number of carbonyl (C=O) groups excluding carboxylic acids is 3. The van der Waals surface area contributed by atoms with Crippen molar-refractivity contribution in [3.63, 3.8) is 0 Å². The van der Waals surface area contributed by atoms with Crippen molar-refractivity contribution in [3.8, 4) is 17.2 Å². The number of rotatable bonds is 7. The van der Waals surface area contributed by atoms with Crippen LogP contribution in [0.5, 0.6) is 17.2 Å². The summed E-state index contributed by atoms with van der Waals surface area (Å²) in [5.74, 6) is -3.14. The van der Waals surface area contributed by atoms with Crippen LogP contribution in [0, 0.1) is 5.82 Å². The molecule has 0 aliphatic carbocycles. The lowest BCUT2D eigenvalue weighted by molar-refractivity contribution is 0.0192. The van der Waals surface area contributed by atoms with Crippen molar-refractivity contribution >= 4 is 17.7 Å². The summed E-state index contributed by atoms with van der Waals surface area (Å²) in [6.45, 7) is 1.09. The van der Waals surface area contributed by atoms with Gasteiger partial charge in [-0.15, -0.1) is 0 Å². The number of halogens is 1. The van der Waals surface area contributed by atoms with Crippen molar-refractivity contribution < 1.29 is 38.5 Å². The maximum atomic E-state index is 14.4. The molecule has 0 saturated carbocycles. The number of ether oxygens (including phenoxy) is 2. The van der Waals surface area contributed by atoms with Gasteiger partial charge in [-0.25, -0.2) is 9.18 Å². The number of carbonyl (C=O) groups is 3. The summed E-state index contributed by atoms with van der Waals surface area (Å²) < 4.78 is 25.0. The van der Waals surface area contributed by atoms with E-state index in [1.54, 1.807) is 0 Å². The van der Waals surface area contributed by atoms with Gasteiger partial charge in [0.25, 0.3) is 5.91 Å². The molecule has 10 heteroatoms. The Morgan fingerprint density at radius 2 is 1.63 bits per heavy atom. The van der Waals surface area contributed by atoms with Crippen molar-refractivity contribution in [1.29, 1.82) is 0 Å². The van der Waals surface area contributed by atoms with Crippen LogP contribution in [0.2, 0.25) is 0 Å². The van der Waals surface area contributed by atoms with Crippen molar-refractivity contribution in [3.05, 3.63) is 88.7 Å². The number of benzene rings is 3. The Balaban J connectivity index is 1.45. The molecule has 1 aliphatic heterocycles. The molecule has 3 aromatic carbocycles. The third-order valence-corrected chi connectivity index (χ3v) is 6.25. The van der Waals surface area contributed by atoms with Crippen LogP contribution in [-0.2, 0) is 4.74 Å². The summed E-state index contributed by atoms with van der Waals surface area (Å²) in [6.07, 6.45) is 0.643. The van der Waals surface area contributed by atoms with E-state index in [1.807, 2.05) is 0 Å². The first-order valence-corrected chi connectivity index (χ1v) is 12.0. The average molecular weight is 523 g/mol. The zero-order valence-electron chi connectivity index (χ0n) is 20.6. The van der Waals surface area contributed by atoms with E-state index in [4.69, 9.17) is 9.47 Å². The number of ketones is 1. The van der Waals surface area contributed by atoms with Crippen LogP contribution in [0.15, 0.2) is 60.7 Å². The molecule has 0 bridgehead atoms. The number of esters is 1. The molecule has 198 valence electrons. The predicted octanol–water partition coefficient (Wildman–Crippen LogP) is 3.18. The first kappa shape index (κ1) is 26.6. The van der Waals surface area contributed by atoms with E-state index in [0.717, 1.165) is 18.6 Å². The number of amides is 1. The van der Waals surface area contributed by atoms with Crippen LogP contribution in [0.3, 0.4) is 0 Å². The second-order valence-electron chi connectivity index (χ2n) is 8.83. The smallest absolute Gasteiger partial charge is 0.338 e. The highest BCUT2D eigenvalue weighted by Gasteiger charge is 2.29. The summed E-state index contributed by atoms with van der Waals surface area (Å²) >= 11 is 0. The van der Waals surface area contributed by atoms with Gasteiger partial charge in [0.1, 0.15) is 34.7 Å². The van der Waals surface area contributed by atoms with E-state index in [2.05, 4.69) is 10.6 Å². The van der Waals surface area contributed by atoms with Gasteiger partial charge in [0, 0.05) is 29.8 Å². The lowest BCUT2D eigenvalue weighted by Gasteiger charge is -2.26. The van der Waals surface area contributed by atoms with E-state index in [9.17, 15) is 29.0 Å². The van der Waals surface area contributed by atoms with Crippen LogP contribution >= 0.6 is 0 Å². The number of phenolic OH excluding ortho intramolecular Hbond substituents is 2. The first-order valence-electron chi connectivity index (χ1n) is 12.0. The Morgan fingerprint density at radius 1 is 0.974 bits per heavy atom. The number of methoxy groups -OCH3 is 1. The quantitative estimate of drug-likeness (QED) is 0.275. The minimum Gasteiger partial charge on any atom is -0.508 e. The highest BCUT2D eigenvalue weighted by atomic mass is 19.1. The molecule has 9 nitrogen and oxygen atoms in total. The molecule has 1 amide bonds. The Kier molecular flexibility index (Phi) is 8.22. The Bertz CT molecular complexity index is 1300. The van der Waals surface area contributed by atoms with Crippen LogP contribution < -0.4 is 15.4 Å². The summed E-state index contributed by atoms with van der Waals surface area (Å²) in [5, 5.41) is 25.6. The molecule has 3 aromatic rings. The van der Waals surface area contributed by atoms with E-state index < -0.39 is 41.0 Å². The van der Waals surface area contributed by atoms with Crippen molar-refractivity contribution in [2.24, 2.45) is 0 Å². The third-order valence-electron chi connectivity index (χ3n) is 6.25. The largest absolute Gasteiger partial charge is 0.508 e. The molecular weight excluding hydrogens is 495 g/mol. The van der Waals surface area contributed by atoms with Crippen LogP contribution in [-0.4, -0.2) is 60.2 Å². The molecule has 1 heterocycles. The monoisotopic (exact) mass is 522 g/mol. The molecule has 38 heavy (non-hydrogen) atoms. The van der Waals surface area contributed by atoms with Gasteiger partial charge < -0.3 is 30.3 Å². The Hall–Kier alpha value is -4.44. The van der Waals surface area contributed by atoms with Gasteiger partial charge in [0.05, 0.1) is 18.7 Å². The van der Waals surface area contributed by atoms with E-state index >= 15 is 0 Å². The van der Waals surface area contributed by atoms with Crippen molar-refractivity contribution in [2.45, 2.75) is 25.0 Å². The van der Waals surface area contributed by atoms with Gasteiger partial charge in [0.2, 0.25) is 0 Å². The number of nitrogens with one attached hydrogen (secondary N) is 2. The molecule has 1 aliphatic rings. The number of phenols is 2. The summed E-state index contributed by atoms with van der Waals surface area (Å²) in [6, 6.07) is 12.9. The summed E-state index contributed by atoms with van der Waals surface area (Å²) in [4.78, 5) is 38.4. The summed E-state index contributed by atoms with van der Waals surface area (Å²) in [7, 11) is 1.31. The van der Waals surface area contributed by atoms with Gasteiger partial charge in [-0.1, -0.05) is 12.1 Å². The summed E-state index contributed by atoms with van der Waals surface area (Å²) in [5.41, 5.74) is 0.0939. The molecular formula is C28H27FN2O7. The van der Waals surface area contributed by atoms with E-state index in [0.29, 0.717) is 25.1 Å². The second-order valence-corrected chi connectivity index (χ2v) is 8.83. The van der Waals surface area contributed by atoms with Gasteiger partial charge in [-0.2, -0.15) is 0 Å². The second kappa shape index (κ2) is 11.7. The van der Waals surface area contributed by atoms with E-state index in [-0.39, 0.29) is 28.5 Å². The molecule has 0 aromatic heterocycles. The molecule has 4 rings (SSSR count). The SMILES string of the molecule is COc1cc(O)c(C(=O)c2ccc(C(=O)O[C@@H]3CCCNC[C@H]3NC(=O)c3ccc(O)cc3)cc2)c(F)c1. The number of aromatic hydroxyl groups is 2. The van der Waals surface area contributed by atoms with Crippen molar-refractivity contribution in [2.75, 3.05) is 20.2 Å². The average Bonchev–Trinajstić information content (AvgIpc) is 3.13. The molecule has 0 radical (unpaired) electrons. The fourth-order valence-corrected chi connectivity index (χ4v) is 4.19. The third kappa shape index (κ3) is 6.09. The van der Waals surface area contributed by atoms with Crippen LogP contribution in [0.1, 0.15) is 49.5 Å². The molecule has 1 saturated heterocycles. The fraction of sp³-hybridized carbons (Fsp3) is 0.250. The minimum atomic E-state index is -0.933. The van der Waals surface area contributed by atoms with Gasteiger partial charge in [0.15, 0.2) is 5.78 Å². The Morgan fingerprint density at radius 3 is 2.29 bits per heavy atom. The zero-order valence-corrected chi connectivity index (χ0v) is 20.6. The number of hydrogen-bond acceptors (Lipinski definition) is 8. The molecule has 2 atom stereocenters. The lowest BCUT2D eigenvalue weighted by atomic mass is 10.0. The van der Waals surface area contributed by atoms with Crippen molar-refractivity contribution in [1.82, 2.24) is 10.6 Å². The lowest BCUT2D eigenvalue weighted by Crippen LogP contribution is -2.49. The maximum absolute atomic E-state index is 14.4. The highest BCUT2D eigenvalue weighted by molar-refractivity contribution is 6.11. The van der Waals surface area contributed by atoms with Gasteiger partial charge >= 0.3 is 5.97 Å². The van der Waals surface area contributed by atoms with Gasteiger partial charge in [-0.05, 0) is 55.8 Å². The standard InChI is InChI=1S/C28H27FN2O7/c1-37-20-13-21(29)25(23(33)14-20)26(34)16-4-6-18(7-5-16)28(36)38-24-3-2-12-30-15-22(24)31-27(35)17-8-10-19(32)11-9-17/h4-11,13-14,22,24,30,32-33H,2-3,12,15H2,1H3,(H,31,35)/t22-,24-/m1/s1. The zero-order chi connectivity index (χ0) is 27.2. The number of hydrogen-bond donors (Lipinski definition) is 4. The van der Waals surface area contributed by atoms with E-state index in [1.165, 1.54) is 55.6 Å². The Labute approximate surface area is 218 Å². The molecule has 4 N–H and O–H groups in total. The first-order chi connectivity index (χ1) is 18.3. The molecule has 0 unspecified atom stereocenters. The van der Waals surface area contributed by atoms with Crippen LogP contribution in [0.25, 0.3) is 0 Å². The minimum absolute atomic E-state index is 0.0446. The highest BCUT2D eigenvalue weighted by Crippen LogP contribution is 2.29. The van der Waals surface area contributed by atoms with Crippen LogP contribution in [0.4, 0.5) is 4.39 Å². The topological polar surface area (TPSA) is 134 Å². The molecule has 0 spiro atoms. The maximum Gasteiger partial charge on any atom is 0.338 e. The normalized spacial score (nSPS) is 17.2. The predicted molar refractivity (Wildman–Crippen MR) is 135 cm³/mol.